The van der Waals surface area contributed by atoms with Gasteiger partial charge in [0.15, 0.2) is 0 Å². The summed E-state index contributed by atoms with van der Waals surface area (Å²) in [4.78, 5) is 30.7. The second-order valence-corrected chi connectivity index (χ2v) is 8.97. The van der Waals surface area contributed by atoms with Crippen LogP contribution in [0.3, 0.4) is 0 Å². The minimum absolute atomic E-state index is 0.211. The highest BCUT2D eigenvalue weighted by atomic mass is 79.9. The Labute approximate surface area is 207 Å². The summed E-state index contributed by atoms with van der Waals surface area (Å²) in [6, 6.07) is 7.25. The van der Waals surface area contributed by atoms with E-state index in [2.05, 4.69) is 62.0 Å². The van der Waals surface area contributed by atoms with Crippen molar-refractivity contribution in [3.05, 3.63) is 53.2 Å². The summed E-state index contributed by atoms with van der Waals surface area (Å²) < 4.78 is 0.775. The summed E-state index contributed by atoms with van der Waals surface area (Å²) in [5.74, 6) is 1.14. The van der Waals surface area contributed by atoms with Crippen molar-refractivity contribution in [1.29, 1.82) is 0 Å². The molecule has 5 N–H and O–H groups in total. The number of nitrogens with zero attached hydrogens (tertiary/aromatic N) is 4. The van der Waals surface area contributed by atoms with E-state index in [1.807, 2.05) is 30.5 Å². The number of carbonyl (C=O) groups excluding carboxylic acids is 1. The molecule has 10 nitrogen and oxygen atoms in total. The Kier molecular flexibility index (Phi) is 8.69. The van der Waals surface area contributed by atoms with Gasteiger partial charge in [0.05, 0.1) is 16.5 Å². The molecule has 3 heterocycles. The zero-order chi connectivity index (χ0) is 23.6. The Hall–Kier alpha value is -3.18. The van der Waals surface area contributed by atoms with Crippen LogP contribution in [0.5, 0.6) is 0 Å². The maximum atomic E-state index is 12.3. The second-order valence-electron chi connectivity index (χ2n) is 8.12. The number of rotatable bonds is 10. The van der Waals surface area contributed by atoms with Crippen LogP contribution in [0.15, 0.2) is 47.5 Å². The molecule has 0 radical (unpaired) electrons. The number of H-pyrrole nitrogens is 1. The lowest BCUT2D eigenvalue weighted by Gasteiger charge is -2.26. The SMILES string of the molecule is O=C(NCCN1CCCCC1)Nc1cccc(Nc2ncc(Br)c(NCCc3c[nH]cn3)n2)c1. The van der Waals surface area contributed by atoms with E-state index in [-0.39, 0.29) is 6.03 Å². The second kappa shape index (κ2) is 12.3. The van der Waals surface area contributed by atoms with Crippen molar-refractivity contribution in [3.8, 4) is 0 Å². The van der Waals surface area contributed by atoms with Crippen molar-refractivity contribution < 1.29 is 4.79 Å². The molecule has 1 aromatic carbocycles. The highest BCUT2D eigenvalue weighted by molar-refractivity contribution is 9.10. The average molecular weight is 528 g/mol. The van der Waals surface area contributed by atoms with Gasteiger partial charge in [-0.05, 0) is 60.1 Å². The predicted molar refractivity (Wildman–Crippen MR) is 138 cm³/mol. The van der Waals surface area contributed by atoms with Gasteiger partial charge in [0, 0.05) is 49.8 Å². The predicted octanol–water partition coefficient (Wildman–Crippen LogP) is 3.97. The molecular formula is C23H30BrN9O. The summed E-state index contributed by atoms with van der Waals surface area (Å²) in [7, 11) is 0. The fraction of sp³-hybridized carbons (Fsp3) is 0.391. The normalized spacial score (nSPS) is 13.9. The summed E-state index contributed by atoms with van der Waals surface area (Å²) in [5.41, 5.74) is 2.45. The summed E-state index contributed by atoms with van der Waals surface area (Å²) in [6.45, 7) is 4.44. The quantitative estimate of drug-likeness (QED) is 0.270. The highest BCUT2D eigenvalue weighted by Crippen LogP contribution is 2.23. The van der Waals surface area contributed by atoms with Crippen molar-refractivity contribution in [1.82, 2.24) is 30.2 Å². The van der Waals surface area contributed by atoms with Crippen LogP contribution in [-0.2, 0) is 6.42 Å². The molecule has 180 valence electrons. The monoisotopic (exact) mass is 527 g/mol. The molecular weight excluding hydrogens is 498 g/mol. The first-order chi connectivity index (χ1) is 16.7. The first-order valence-electron chi connectivity index (χ1n) is 11.5. The van der Waals surface area contributed by atoms with E-state index in [4.69, 9.17) is 0 Å². The van der Waals surface area contributed by atoms with Gasteiger partial charge in [-0.1, -0.05) is 12.5 Å². The molecule has 2 amide bonds. The van der Waals surface area contributed by atoms with Gasteiger partial charge < -0.3 is 31.2 Å². The zero-order valence-electron chi connectivity index (χ0n) is 19.0. The molecule has 34 heavy (non-hydrogen) atoms. The molecule has 1 fully saturated rings. The van der Waals surface area contributed by atoms with Crippen molar-refractivity contribution in [2.45, 2.75) is 25.7 Å². The Morgan fingerprint density at radius 3 is 2.79 bits per heavy atom. The van der Waals surface area contributed by atoms with Crippen molar-refractivity contribution in [2.24, 2.45) is 0 Å². The lowest BCUT2D eigenvalue weighted by Crippen LogP contribution is -2.39. The lowest BCUT2D eigenvalue weighted by atomic mass is 10.1. The largest absolute Gasteiger partial charge is 0.369 e. The van der Waals surface area contributed by atoms with E-state index in [0.717, 1.165) is 41.9 Å². The third-order valence-electron chi connectivity index (χ3n) is 5.51. The van der Waals surface area contributed by atoms with Crippen LogP contribution >= 0.6 is 15.9 Å². The Morgan fingerprint density at radius 1 is 1.12 bits per heavy atom. The molecule has 0 aliphatic carbocycles. The van der Waals surface area contributed by atoms with Gasteiger partial charge in [0.1, 0.15) is 5.82 Å². The number of piperidine rings is 1. The molecule has 0 spiro atoms. The van der Waals surface area contributed by atoms with Crippen molar-refractivity contribution in [3.63, 3.8) is 0 Å². The molecule has 0 unspecified atom stereocenters. The fourth-order valence-electron chi connectivity index (χ4n) is 3.78. The molecule has 0 bridgehead atoms. The minimum atomic E-state index is -0.211. The standard InChI is InChI=1S/C23H30BrN9O/c24-20-15-28-22(32-21(20)26-8-7-19-14-25-16-29-19)30-17-5-4-6-18(13-17)31-23(34)27-9-12-33-10-2-1-3-11-33/h4-6,13-16H,1-3,7-12H2,(H,25,29)(H2,27,31,34)(H2,26,28,30,32). The van der Waals surface area contributed by atoms with Crippen molar-refractivity contribution in [2.75, 3.05) is 48.7 Å². The molecule has 0 atom stereocenters. The summed E-state index contributed by atoms with van der Waals surface area (Å²) in [6.07, 6.45) is 9.82. The number of halogens is 1. The molecule has 1 aliphatic rings. The highest BCUT2D eigenvalue weighted by Gasteiger charge is 2.10. The van der Waals surface area contributed by atoms with Crippen molar-refractivity contribution >= 4 is 45.1 Å². The van der Waals surface area contributed by atoms with Gasteiger partial charge in [-0.15, -0.1) is 0 Å². The number of aromatic nitrogens is 4. The molecule has 1 aliphatic heterocycles. The van der Waals surface area contributed by atoms with Gasteiger partial charge in [-0.2, -0.15) is 4.98 Å². The number of anilines is 4. The zero-order valence-corrected chi connectivity index (χ0v) is 20.6. The Bertz CT molecular complexity index is 1050. The van der Waals surface area contributed by atoms with E-state index in [0.29, 0.717) is 30.5 Å². The van der Waals surface area contributed by atoms with E-state index < -0.39 is 0 Å². The Morgan fingerprint density at radius 2 is 1.97 bits per heavy atom. The number of likely N-dealkylation sites (tertiary alicyclic amines) is 1. The van der Waals surface area contributed by atoms with E-state index in [1.165, 1.54) is 19.3 Å². The van der Waals surface area contributed by atoms with Gasteiger partial charge >= 0.3 is 6.03 Å². The number of hydrogen-bond acceptors (Lipinski definition) is 7. The maximum Gasteiger partial charge on any atom is 0.319 e. The molecule has 11 heteroatoms. The molecule has 1 saturated heterocycles. The first kappa shape index (κ1) is 24.0. The maximum absolute atomic E-state index is 12.3. The fourth-order valence-corrected chi connectivity index (χ4v) is 4.11. The van der Waals surface area contributed by atoms with Crippen LogP contribution in [0.4, 0.5) is 27.9 Å². The Balaban J connectivity index is 1.27. The van der Waals surface area contributed by atoms with E-state index >= 15 is 0 Å². The number of benzene rings is 1. The van der Waals surface area contributed by atoms with Crippen LogP contribution in [0.1, 0.15) is 25.0 Å². The van der Waals surface area contributed by atoms with Crippen LogP contribution in [0.2, 0.25) is 0 Å². The number of carbonyl (C=O) groups is 1. The number of nitrogens with one attached hydrogen (secondary N) is 5. The number of hydrogen-bond donors (Lipinski definition) is 5. The minimum Gasteiger partial charge on any atom is -0.369 e. The van der Waals surface area contributed by atoms with Crippen LogP contribution in [0, 0.1) is 0 Å². The lowest BCUT2D eigenvalue weighted by molar-refractivity contribution is 0.224. The number of amides is 2. The van der Waals surface area contributed by atoms with Crippen LogP contribution in [-0.4, -0.2) is 63.6 Å². The summed E-state index contributed by atoms with van der Waals surface area (Å²) >= 11 is 3.48. The van der Waals surface area contributed by atoms with Gasteiger partial charge in [0.25, 0.3) is 0 Å². The topological polar surface area (TPSA) is 123 Å². The first-order valence-corrected chi connectivity index (χ1v) is 12.3. The molecule has 0 saturated carbocycles. The summed E-state index contributed by atoms with van der Waals surface area (Å²) in [5, 5.41) is 12.3. The van der Waals surface area contributed by atoms with Crippen LogP contribution < -0.4 is 21.3 Å². The smallest absolute Gasteiger partial charge is 0.319 e. The number of aromatic amines is 1. The number of urea groups is 1. The van der Waals surface area contributed by atoms with Gasteiger partial charge in [-0.3, -0.25) is 0 Å². The third-order valence-corrected chi connectivity index (χ3v) is 6.09. The van der Waals surface area contributed by atoms with E-state index in [9.17, 15) is 4.79 Å². The average Bonchev–Trinajstić information content (AvgIpc) is 3.36. The third kappa shape index (κ3) is 7.42. The molecule has 2 aromatic heterocycles. The van der Waals surface area contributed by atoms with E-state index in [1.54, 1.807) is 12.5 Å². The molecule has 3 aromatic rings. The molecule has 4 rings (SSSR count). The number of imidazole rings is 1. The van der Waals surface area contributed by atoms with Gasteiger partial charge in [0.2, 0.25) is 5.95 Å². The van der Waals surface area contributed by atoms with Crippen LogP contribution in [0.25, 0.3) is 0 Å². The van der Waals surface area contributed by atoms with Gasteiger partial charge in [-0.25, -0.2) is 14.8 Å².